The summed E-state index contributed by atoms with van der Waals surface area (Å²) in [6, 6.07) is 4.59. The summed E-state index contributed by atoms with van der Waals surface area (Å²) in [5.74, 6) is 6.47. The molecule has 92 valence electrons. The Balaban J connectivity index is 3.21. The molecule has 2 N–H and O–H groups in total. The molecule has 0 heterocycles. The van der Waals surface area contributed by atoms with Crippen LogP contribution in [0, 0.1) is 11.8 Å². The van der Waals surface area contributed by atoms with Crippen LogP contribution in [0.4, 0.5) is 0 Å². The second kappa shape index (κ2) is 7.14. The highest BCUT2D eigenvalue weighted by Crippen LogP contribution is 2.19. The fraction of sp³-hybridized carbons (Fsp3) is 0.500. The third-order valence-corrected chi connectivity index (χ3v) is 3.01. The molecule has 1 heteroatoms. The Labute approximate surface area is 105 Å². The van der Waals surface area contributed by atoms with E-state index in [2.05, 4.69) is 44.7 Å². The zero-order valence-corrected chi connectivity index (χ0v) is 11.3. The van der Waals surface area contributed by atoms with E-state index in [-0.39, 0.29) is 0 Å². The molecule has 0 fully saturated rings. The Hall–Kier alpha value is -1.26. The van der Waals surface area contributed by atoms with Gasteiger partial charge >= 0.3 is 0 Å². The number of nitrogens with two attached hydrogens (primary N) is 1. The quantitative estimate of drug-likeness (QED) is 0.789. The summed E-state index contributed by atoms with van der Waals surface area (Å²) in [6.45, 7) is 7.24. The predicted molar refractivity (Wildman–Crippen MR) is 75.1 cm³/mol. The molecule has 0 aromatic heterocycles. The molecule has 17 heavy (non-hydrogen) atoms. The van der Waals surface area contributed by atoms with Crippen LogP contribution < -0.4 is 5.73 Å². The standard InChI is InChI=1S/C16H23N/c1-4-13-11-14(5-2)16(9-7-8-10-17)15(6-3)12-13/h11-12H,4-6,8,10,17H2,1-3H3. The second-order valence-electron chi connectivity index (χ2n) is 4.19. The van der Waals surface area contributed by atoms with E-state index in [4.69, 9.17) is 5.73 Å². The van der Waals surface area contributed by atoms with Gasteiger partial charge in [-0.1, -0.05) is 44.7 Å². The molecular weight excluding hydrogens is 206 g/mol. The van der Waals surface area contributed by atoms with Gasteiger partial charge in [-0.15, -0.1) is 0 Å². The number of hydrogen-bond donors (Lipinski definition) is 1. The van der Waals surface area contributed by atoms with E-state index < -0.39 is 0 Å². The van der Waals surface area contributed by atoms with Gasteiger partial charge in [-0.3, -0.25) is 0 Å². The molecule has 0 saturated carbocycles. The van der Waals surface area contributed by atoms with Crippen LogP contribution in [0.1, 0.15) is 49.4 Å². The summed E-state index contributed by atoms with van der Waals surface area (Å²) in [6.07, 6.45) is 3.97. The summed E-state index contributed by atoms with van der Waals surface area (Å²) in [4.78, 5) is 0. The average molecular weight is 229 g/mol. The third kappa shape index (κ3) is 3.61. The monoisotopic (exact) mass is 229 g/mol. The van der Waals surface area contributed by atoms with Crippen LogP contribution in [-0.4, -0.2) is 6.54 Å². The van der Waals surface area contributed by atoms with E-state index in [1.54, 1.807) is 0 Å². The predicted octanol–water partition coefficient (Wildman–Crippen LogP) is 3.07. The molecular formula is C16H23N. The van der Waals surface area contributed by atoms with Gasteiger partial charge in [0.1, 0.15) is 0 Å². The minimum absolute atomic E-state index is 0.642. The molecule has 0 unspecified atom stereocenters. The smallest absolute Gasteiger partial charge is 0.0309 e. The molecule has 0 saturated heterocycles. The Bertz CT molecular complexity index is 396. The fourth-order valence-electron chi connectivity index (χ4n) is 1.99. The van der Waals surface area contributed by atoms with Gasteiger partial charge in [-0.05, 0) is 36.0 Å². The van der Waals surface area contributed by atoms with Gasteiger partial charge in [0.25, 0.3) is 0 Å². The van der Waals surface area contributed by atoms with Gasteiger partial charge in [0.05, 0.1) is 0 Å². The topological polar surface area (TPSA) is 26.0 Å². The van der Waals surface area contributed by atoms with Gasteiger partial charge in [0.2, 0.25) is 0 Å². The van der Waals surface area contributed by atoms with Crippen molar-refractivity contribution in [1.29, 1.82) is 0 Å². The lowest BCUT2D eigenvalue weighted by molar-refractivity contribution is 1.02. The van der Waals surface area contributed by atoms with Crippen LogP contribution in [0.5, 0.6) is 0 Å². The molecule has 1 nitrogen and oxygen atoms in total. The van der Waals surface area contributed by atoms with Crippen molar-refractivity contribution in [3.8, 4) is 11.8 Å². The Morgan fingerprint density at radius 2 is 1.59 bits per heavy atom. The highest BCUT2D eigenvalue weighted by atomic mass is 14.5. The van der Waals surface area contributed by atoms with Crippen molar-refractivity contribution in [2.24, 2.45) is 5.73 Å². The number of aryl methyl sites for hydroxylation is 3. The fourth-order valence-corrected chi connectivity index (χ4v) is 1.99. The lowest BCUT2D eigenvalue weighted by Crippen LogP contribution is -1.99. The van der Waals surface area contributed by atoms with Crippen LogP contribution in [0.15, 0.2) is 12.1 Å². The van der Waals surface area contributed by atoms with Crippen LogP contribution in [-0.2, 0) is 19.3 Å². The lowest BCUT2D eigenvalue weighted by Gasteiger charge is -2.10. The molecule has 0 aliphatic rings. The molecule has 0 aliphatic carbocycles. The van der Waals surface area contributed by atoms with Gasteiger partial charge in [0.15, 0.2) is 0 Å². The molecule has 0 radical (unpaired) electrons. The Kier molecular flexibility index (Phi) is 5.80. The second-order valence-corrected chi connectivity index (χ2v) is 4.19. The van der Waals surface area contributed by atoms with Gasteiger partial charge in [-0.25, -0.2) is 0 Å². The summed E-state index contributed by atoms with van der Waals surface area (Å²) in [5.41, 5.74) is 10.9. The SMILES string of the molecule is CCc1cc(CC)c(C#CCCN)c(CC)c1. The van der Waals surface area contributed by atoms with Crippen LogP contribution in [0.25, 0.3) is 0 Å². The number of hydrogen-bond acceptors (Lipinski definition) is 1. The number of benzene rings is 1. The van der Waals surface area contributed by atoms with Gasteiger partial charge in [0, 0.05) is 18.5 Å². The summed E-state index contributed by atoms with van der Waals surface area (Å²) < 4.78 is 0. The van der Waals surface area contributed by atoms with Crippen molar-refractivity contribution in [3.05, 3.63) is 34.4 Å². The molecule has 1 aromatic rings. The summed E-state index contributed by atoms with van der Waals surface area (Å²) in [7, 11) is 0. The highest BCUT2D eigenvalue weighted by Gasteiger charge is 2.06. The van der Waals surface area contributed by atoms with Crippen molar-refractivity contribution in [3.63, 3.8) is 0 Å². The van der Waals surface area contributed by atoms with Crippen LogP contribution in [0.2, 0.25) is 0 Å². The third-order valence-electron chi connectivity index (χ3n) is 3.01. The first-order chi connectivity index (χ1) is 8.26. The van der Waals surface area contributed by atoms with Crippen molar-refractivity contribution < 1.29 is 0 Å². The molecule has 1 aromatic carbocycles. The maximum atomic E-state index is 5.48. The van der Waals surface area contributed by atoms with Crippen LogP contribution in [0.3, 0.4) is 0 Å². The molecule has 0 atom stereocenters. The van der Waals surface area contributed by atoms with Crippen molar-refractivity contribution in [2.45, 2.75) is 46.5 Å². The maximum Gasteiger partial charge on any atom is 0.0309 e. The largest absolute Gasteiger partial charge is 0.330 e. The summed E-state index contributed by atoms with van der Waals surface area (Å²) >= 11 is 0. The Morgan fingerprint density at radius 3 is 2.00 bits per heavy atom. The van der Waals surface area contributed by atoms with Gasteiger partial charge in [-0.2, -0.15) is 0 Å². The van der Waals surface area contributed by atoms with Crippen molar-refractivity contribution in [1.82, 2.24) is 0 Å². The zero-order chi connectivity index (χ0) is 12.7. The first-order valence-corrected chi connectivity index (χ1v) is 6.60. The zero-order valence-electron chi connectivity index (χ0n) is 11.3. The van der Waals surface area contributed by atoms with Crippen molar-refractivity contribution >= 4 is 0 Å². The van der Waals surface area contributed by atoms with Crippen LogP contribution >= 0.6 is 0 Å². The maximum absolute atomic E-state index is 5.48. The lowest BCUT2D eigenvalue weighted by atomic mass is 9.94. The van der Waals surface area contributed by atoms with Crippen molar-refractivity contribution in [2.75, 3.05) is 6.54 Å². The first-order valence-electron chi connectivity index (χ1n) is 6.60. The molecule has 1 rings (SSSR count). The normalized spacial score (nSPS) is 9.88. The molecule has 0 aliphatic heterocycles. The van der Waals surface area contributed by atoms with E-state index in [1.165, 1.54) is 22.3 Å². The van der Waals surface area contributed by atoms with E-state index in [0.29, 0.717) is 6.54 Å². The van der Waals surface area contributed by atoms with E-state index >= 15 is 0 Å². The molecule has 0 bridgehead atoms. The number of rotatable bonds is 4. The van der Waals surface area contributed by atoms with E-state index in [9.17, 15) is 0 Å². The van der Waals surface area contributed by atoms with E-state index in [1.807, 2.05) is 0 Å². The van der Waals surface area contributed by atoms with E-state index in [0.717, 1.165) is 25.7 Å². The first kappa shape index (κ1) is 13.8. The van der Waals surface area contributed by atoms with Gasteiger partial charge < -0.3 is 5.73 Å². The average Bonchev–Trinajstić information content (AvgIpc) is 2.38. The Morgan fingerprint density at radius 1 is 1.00 bits per heavy atom. The highest BCUT2D eigenvalue weighted by molar-refractivity contribution is 5.49. The molecule has 0 amide bonds. The minimum atomic E-state index is 0.642. The summed E-state index contributed by atoms with van der Waals surface area (Å²) in [5, 5.41) is 0. The minimum Gasteiger partial charge on any atom is -0.330 e. The molecule has 0 spiro atoms.